The molecule has 0 bridgehead atoms. The van der Waals surface area contributed by atoms with Gasteiger partial charge in [0, 0.05) is 32.0 Å². The number of hydrogen-bond donors (Lipinski definition) is 1. The number of carbonyl (C=O) groups is 1. The van der Waals surface area contributed by atoms with Gasteiger partial charge in [-0.05, 0) is 43.4 Å². The number of benzene rings is 1. The highest BCUT2D eigenvalue weighted by atomic mass is 16.5. The van der Waals surface area contributed by atoms with E-state index in [0.29, 0.717) is 12.1 Å². The second kappa shape index (κ2) is 8.46. The van der Waals surface area contributed by atoms with Gasteiger partial charge >= 0.3 is 0 Å². The summed E-state index contributed by atoms with van der Waals surface area (Å²) in [5, 5.41) is 2.91. The Balaban J connectivity index is 1.48. The monoisotopic (exact) mass is 340 g/mol. The lowest BCUT2D eigenvalue weighted by Crippen LogP contribution is -2.31. The Morgan fingerprint density at radius 3 is 2.44 bits per heavy atom. The normalized spacial score (nSPS) is 14.2. The maximum atomic E-state index is 12.2. The van der Waals surface area contributed by atoms with E-state index in [-0.39, 0.29) is 5.91 Å². The lowest BCUT2D eigenvalue weighted by atomic mass is 10.1. The Bertz CT molecular complexity index is 680. The Kier molecular flexibility index (Phi) is 5.82. The van der Waals surface area contributed by atoms with Crippen LogP contribution in [0.5, 0.6) is 5.75 Å². The first-order valence-electron chi connectivity index (χ1n) is 8.74. The molecule has 0 aliphatic carbocycles. The van der Waals surface area contributed by atoms with Crippen LogP contribution in [-0.4, -0.2) is 42.6 Å². The number of carbonyl (C=O) groups excluding carboxylic acids is 1. The molecule has 25 heavy (non-hydrogen) atoms. The lowest BCUT2D eigenvalue weighted by molar-refractivity contribution is 0.0953. The van der Waals surface area contributed by atoms with E-state index >= 15 is 0 Å². The van der Waals surface area contributed by atoms with Gasteiger partial charge in [0.25, 0.3) is 5.91 Å². The summed E-state index contributed by atoms with van der Waals surface area (Å²) in [6, 6.07) is 7.84. The van der Waals surface area contributed by atoms with Crippen LogP contribution >= 0.6 is 0 Å². The largest absolute Gasteiger partial charge is 0.497 e. The van der Waals surface area contributed by atoms with Crippen molar-refractivity contribution in [3.63, 3.8) is 0 Å². The molecule has 1 saturated heterocycles. The molecule has 0 spiro atoms. The number of rotatable bonds is 6. The number of aromatic nitrogens is 2. The zero-order valence-electron chi connectivity index (χ0n) is 14.6. The van der Waals surface area contributed by atoms with Crippen molar-refractivity contribution in [2.75, 3.05) is 31.6 Å². The first-order valence-corrected chi connectivity index (χ1v) is 8.74. The molecule has 1 N–H and O–H groups in total. The molecule has 132 valence electrons. The molecule has 3 rings (SSSR count). The maximum absolute atomic E-state index is 12.2. The average molecular weight is 340 g/mol. The average Bonchev–Trinajstić information content (AvgIpc) is 2.69. The molecule has 6 heteroatoms. The van der Waals surface area contributed by atoms with E-state index in [1.165, 1.54) is 19.3 Å². The quantitative estimate of drug-likeness (QED) is 0.875. The second-order valence-corrected chi connectivity index (χ2v) is 6.17. The topological polar surface area (TPSA) is 67.3 Å². The molecule has 1 amide bonds. The molecule has 1 aromatic heterocycles. The molecule has 2 aromatic rings. The summed E-state index contributed by atoms with van der Waals surface area (Å²) in [6.07, 6.45) is 7.61. The summed E-state index contributed by atoms with van der Waals surface area (Å²) in [7, 11) is 1.65. The van der Waals surface area contributed by atoms with Gasteiger partial charge in [-0.2, -0.15) is 0 Å². The molecule has 1 aromatic carbocycles. The van der Waals surface area contributed by atoms with E-state index in [9.17, 15) is 4.79 Å². The Hall–Kier alpha value is -2.63. The third-order valence-corrected chi connectivity index (χ3v) is 4.40. The minimum absolute atomic E-state index is 0.140. The molecule has 6 nitrogen and oxygen atoms in total. The van der Waals surface area contributed by atoms with Gasteiger partial charge in [-0.1, -0.05) is 12.1 Å². The third kappa shape index (κ3) is 4.68. The highest BCUT2D eigenvalue weighted by Crippen LogP contribution is 2.15. The van der Waals surface area contributed by atoms with Crippen molar-refractivity contribution >= 4 is 11.9 Å². The third-order valence-electron chi connectivity index (χ3n) is 4.40. The molecule has 0 radical (unpaired) electrons. The van der Waals surface area contributed by atoms with Gasteiger partial charge in [0.15, 0.2) is 0 Å². The smallest absolute Gasteiger partial charge is 0.254 e. The first kappa shape index (κ1) is 17.2. The minimum atomic E-state index is -0.140. The first-order chi connectivity index (χ1) is 12.3. The van der Waals surface area contributed by atoms with Crippen molar-refractivity contribution in [2.24, 2.45) is 0 Å². The van der Waals surface area contributed by atoms with Crippen LogP contribution in [-0.2, 0) is 6.42 Å². The number of anilines is 1. The van der Waals surface area contributed by atoms with Gasteiger partial charge in [0.2, 0.25) is 5.95 Å². The molecular weight excluding hydrogens is 316 g/mol. The fraction of sp³-hybridized carbons (Fsp3) is 0.421. The summed E-state index contributed by atoms with van der Waals surface area (Å²) in [4.78, 5) is 23.1. The Morgan fingerprint density at radius 1 is 1.12 bits per heavy atom. The Labute approximate surface area is 148 Å². The van der Waals surface area contributed by atoms with Gasteiger partial charge in [0.1, 0.15) is 5.75 Å². The van der Waals surface area contributed by atoms with Gasteiger partial charge in [-0.15, -0.1) is 0 Å². The van der Waals surface area contributed by atoms with Gasteiger partial charge in [-0.25, -0.2) is 9.97 Å². The fourth-order valence-corrected chi connectivity index (χ4v) is 2.91. The molecule has 1 fully saturated rings. The van der Waals surface area contributed by atoms with Crippen LogP contribution in [0.25, 0.3) is 0 Å². The van der Waals surface area contributed by atoms with Crippen molar-refractivity contribution in [1.29, 1.82) is 0 Å². The molecular formula is C19H24N4O2. The number of methoxy groups -OCH3 is 1. The molecule has 0 unspecified atom stereocenters. The molecule has 2 heterocycles. The minimum Gasteiger partial charge on any atom is -0.497 e. The van der Waals surface area contributed by atoms with Crippen LogP contribution in [0.4, 0.5) is 5.95 Å². The number of nitrogens with one attached hydrogen (secondary N) is 1. The molecule has 0 saturated carbocycles. The van der Waals surface area contributed by atoms with E-state index in [1.54, 1.807) is 19.5 Å². The van der Waals surface area contributed by atoms with Crippen LogP contribution in [0.15, 0.2) is 36.7 Å². The lowest BCUT2D eigenvalue weighted by Gasteiger charge is -2.26. The summed E-state index contributed by atoms with van der Waals surface area (Å²) >= 11 is 0. The fourth-order valence-electron chi connectivity index (χ4n) is 2.91. The van der Waals surface area contributed by atoms with Crippen LogP contribution in [0, 0.1) is 0 Å². The summed E-state index contributed by atoms with van der Waals surface area (Å²) in [6.45, 7) is 2.56. The number of nitrogens with zero attached hydrogens (tertiary/aromatic N) is 3. The Morgan fingerprint density at radius 2 is 1.80 bits per heavy atom. The molecule has 0 atom stereocenters. The predicted octanol–water partition coefficient (Wildman–Crippen LogP) is 2.45. The van der Waals surface area contributed by atoms with Crippen LogP contribution in [0.2, 0.25) is 0 Å². The standard InChI is InChI=1S/C19H24N4O2/c1-25-17-7-5-15(6-8-17)9-10-20-18(24)16-13-21-19(22-14-16)23-11-3-2-4-12-23/h5-8,13-14H,2-4,9-12H2,1H3,(H,20,24). The van der Waals surface area contributed by atoms with E-state index in [4.69, 9.17) is 4.74 Å². The van der Waals surface area contributed by atoms with E-state index in [0.717, 1.165) is 36.8 Å². The van der Waals surface area contributed by atoms with Gasteiger partial charge < -0.3 is 15.0 Å². The zero-order valence-corrected chi connectivity index (χ0v) is 14.6. The summed E-state index contributed by atoms with van der Waals surface area (Å²) < 4.78 is 5.14. The van der Waals surface area contributed by atoms with Crippen molar-refractivity contribution < 1.29 is 9.53 Å². The van der Waals surface area contributed by atoms with Crippen LogP contribution in [0.1, 0.15) is 35.2 Å². The van der Waals surface area contributed by atoms with Crippen molar-refractivity contribution in [1.82, 2.24) is 15.3 Å². The van der Waals surface area contributed by atoms with Crippen molar-refractivity contribution in [3.8, 4) is 5.75 Å². The summed E-state index contributed by atoms with van der Waals surface area (Å²) in [5.41, 5.74) is 1.65. The van der Waals surface area contributed by atoms with E-state index in [2.05, 4.69) is 20.2 Å². The van der Waals surface area contributed by atoms with Gasteiger partial charge in [0.05, 0.1) is 12.7 Å². The zero-order chi connectivity index (χ0) is 17.5. The predicted molar refractivity (Wildman–Crippen MR) is 97.1 cm³/mol. The number of piperidine rings is 1. The van der Waals surface area contributed by atoms with Crippen LogP contribution < -0.4 is 15.0 Å². The summed E-state index contributed by atoms with van der Waals surface area (Å²) in [5.74, 6) is 1.41. The number of hydrogen-bond acceptors (Lipinski definition) is 5. The molecule has 1 aliphatic rings. The van der Waals surface area contributed by atoms with E-state index < -0.39 is 0 Å². The van der Waals surface area contributed by atoms with E-state index in [1.807, 2.05) is 24.3 Å². The van der Waals surface area contributed by atoms with Gasteiger partial charge in [-0.3, -0.25) is 4.79 Å². The SMILES string of the molecule is COc1ccc(CCNC(=O)c2cnc(N3CCCCC3)nc2)cc1. The molecule has 1 aliphatic heterocycles. The van der Waals surface area contributed by atoms with Crippen molar-refractivity contribution in [3.05, 3.63) is 47.8 Å². The highest BCUT2D eigenvalue weighted by molar-refractivity contribution is 5.93. The number of amides is 1. The highest BCUT2D eigenvalue weighted by Gasteiger charge is 2.14. The van der Waals surface area contributed by atoms with Crippen LogP contribution in [0.3, 0.4) is 0 Å². The number of ether oxygens (including phenoxy) is 1. The second-order valence-electron chi connectivity index (χ2n) is 6.17. The van der Waals surface area contributed by atoms with Crippen molar-refractivity contribution in [2.45, 2.75) is 25.7 Å². The maximum Gasteiger partial charge on any atom is 0.254 e.